The summed E-state index contributed by atoms with van der Waals surface area (Å²) in [5.74, 6) is 1.28. The highest BCUT2D eigenvalue weighted by atomic mass is 16.2. The summed E-state index contributed by atoms with van der Waals surface area (Å²) in [7, 11) is 1.60. The maximum atomic E-state index is 13.0. The minimum absolute atomic E-state index is 0.0524. The van der Waals surface area contributed by atoms with Crippen LogP contribution < -0.4 is 5.32 Å². The first-order valence-corrected chi connectivity index (χ1v) is 9.07. The number of nitrogens with one attached hydrogen (secondary N) is 1. The molecular weight excluding hydrogens is 330 g/mol. The van der Waals surface area contributed by atoms with Crippen LogP contribution in [0.1, 0.15) is 34.8 Å². The summed E-state index contributed by atoms with van der Waals surface area (Å²) < 4.78 is 1.92. The molecule has 0 fully saturated rings. The van der Waals surface area contributed by atoms with Crippen LogP contribution in [0.4, 0.5) is 0 Å². The van der Waals surface area contributed by atoms with Gasteiger partial charge in [-0.15, -0.1) is 10.2 Å². The highest BCUT2D eigenvalue weighted by Gasteiger charge is 2.35. The van der Waals surface area contributed by atoms with Crippen molar-refractivity contribution < 1.29 is 9.59 Å². The van der Waals surface area contributed by atoms with Crippen molar-refractivity contribution in [2.45, 2.75) is 51.7 Å². The van der Waals surface area contributed by atoms with E-state index in [9.17, 15) is 9.59 Å². The Balaban J connectivity index is 1.57. The molecule has 0 saturated carbocycles. The van der Waals surface area contributed by atoms with Crippen LogP contribution in [0.3, 0.4) is 0 Å². The molecule has 136 valence electrons. The molecule has 0 spiro atoms. The number of hydrogen-bond donors (Lipinski definition) is 1. The number of hydrogen-bond acceptors (Lipinski definition) is 4. The van der Waals surface area contributed by atoms with Gasteiger partial charge in [0.1, 0.15) is 11.9 Å². The Bertz CT molecular complexity index is 873. The molecule has 0 bridgehead atoms. The van der Waals surface area contributed by atoms with Crippen LogP contribution in [0.2, 0.25) is 0 Å². The molecule has 0 radical (unpaired) electrons. The van der Waals surface area contributed by atoms with Gasteiger partial charge in [0, 0.05) is 7.05 Å². The van der Waals surface area contributed by atoms with Crippen molar-refractivity contribution in [3.63, 3.8) is 0 Å². The lowest BCUT2D eigenvalue weighted by Crippen LogP contribution is -2.54. The molecule has 2 aliphatic rings. The summed E-state index contributed by atoms with van der Waals surface area (Å²) in [4.78, 5) is 27.0. The molecule has 7 heteroatoms. The minimum atomic E-state index is -0.538. The monoisotopic (exact) mass is 353 g/mol. The number of aromatic nitrogens is 3. The smallest absolute Gasteiger partial charge is 0.244 e. The SMILES string of the molecule is CNC(=O)C1Cn2c(C)nnc2CN1C(=O)Cc1ccc2c(c1)CCC2. The van der Waals surface area contributed by atoms with E-state index in [1.54, 1.807) is 11.9 Å². The predicted molar refractivity (Wildman–Crippen MR) is 95.3 cm³/mol. The van der Waals surface area contributed by atoms with Gasteiger partial charge in [0.2, 0.25) is 11.8 Å². The molecule has 1 unspecified atom stereocenters. The van der Waals surface area contributed by atoms with Crippen molar-refractivity contribution >= 4 is 11.8 Å². The molecule has 2 heterocycles. The fourth-order valence-corrected chi connectivity index (χ4v) is 3.98. The minimum Gasteiger partial charge on any atom is -0.357 e. The molecule has 2 amide bonds. The van der Waals surface area contributed by atoms with E-state index in [-0.39, 0.29) is 11.8 Å². The second-order valence-electron chi connectivity index (χ2n) is 7.06. The molecule has 4 rings (SSSR count). The average Bonchev–Trinajstić information content (AvgIpc) is 3.26. The number of nitrogens with zero attached hydrogens (tertiary/aromatic N) is 4. The van der Waals surface area contributed by atoms with Crippen LogP contribution in [0.15, 0.2) is 18.2 Å². The van der Waals surface area contributed by atoms with Crippen LogP contribution in [0.25, 0.3) is 0 Å². The number of carbonyl (C=O) groups is 2. The van der Waals surface area contributed by atoms with Crippen LogP contribution >= 0.6 is 0 Å². The van der Waals surface area contributed by atoms with E-state index in [0.717, 1.165) is 30.1 Å². The van der Waals surface area contributed by atoms with Crippen LogP contribution in [0.5, 0.6) is 0 Å². The molecule has 1 aliphatic carbocycles. The summed E-state index contributed by atoms with van der Waals surface area (Å²) in [5.41, 5.74) is 3.76. The van der Waals surface area contributed by atoms with Gasteiger partial charge in [-0.3, -0.25) is 9.59 Å². The second kappa shape index (κ2) is 6.55. The maximum absolute atomic E-state index is 13.0. The van der Waals surface area contributed by atoms with Gasteiger partial charge in [-0.05, 0) is 42.9 Å². The highest BCUT2D eigenvalue weighted by molar-refractivity contribution is 5.88. The summed E-state index contributed by atoms with van der Waals surface area (Å²) in [6.07, 6.45) is 3.70. The predicted octanol–water partition coefficient (Wildman–Crippen LogP) is 0.775. The fraction of sp³-hybridized carbons (Fsp3) is 0.474. The number of rotatable bonds is 3. The summed E-state index contributed by atoms with van der Waals surface area (Å²) in [6, 6.07) is 5.78. The number of benzene rings is 1. The zero-order valence-electron chi connectivity index (χ0n) is 15.2. The van der Waals surface area contributed by atoms with Crippen molar-refractivity contribution in [1.29, 1.82) is 0 Å². The lowest BCUT2D eigenvalue weighted by atomic mass is 10.0. The third kappa shape index (κ3) is 2.87. The lowest BCUT2D eigenvalue weighted by molar-refractivity contribution is -0.142. The molecule has 1 N–H and O–H groups in total. The van der Waals surface area contributed by atoms with Gasteiger partial charge in [-0.25, -0.2) is 0 Å². The Kier molecular flexibility index (Phi) is 4.22. The molecule has 2 aromatic rings. The Hall–Kier alpha value is -2.70. The normalized spacial score (nSPS) is 18.4. The lowest BCUT2D eigenvalue weighted by Gasteiger charge is -2.35. The molecule has 7 nitrogen and oxygen atoms in total. The molecule has 1 aromatic heterocycles. The zero-order valence-corrected chi connectivity index (χ0v) is 15.2. The topological polar surface area (TPSA) is 80.1 Å². The molecule has 0 saturated heterocycles. The van der Waals surface area contributed by atoms with Crippen LogP contribution in [-0.4, -0.2) is 44.6 Å². The van der Waals surface area contributed by atoms with E-state index in [1.165, 1.54) is 17.5 Å². The van der Waals surface area contributed by atoms with Crippen molar-refractivity contribution in [3.8, 4) is 0 Å². The van der Waals surface area contributed by atoms with Crippen molar-refractivity contribution in [2.75, 3.05) is 7.05 Å². The first-order valence-electron chi connectivity index (χ1n) is 9.07. The van der Waals surface area contributed by atoms with E-state index >= 15 is 0 Å². The van der Waals surface area contributed by atoms with E-state index in [4.69, 9.17) is 0 Å². The largest absolute Gasteiger partial charge is 0.357 e. The molecule has 26 heavy (non-hydrogen) atoms. The first-order chi connectivity index (χ1) is 12.6. The third-order valence-corrected chi connectivity index (χ3v) is 5.44. The maximum Gasteiger partial charge on any atom is 0.244 e. The fourth-order valence-electron chi connectivity index (χ4n) is 3.98. The van der Waals surface area contributed by atoms with Crippen molar-refractivity contribution in [1.82, 2.24) is 25.0 Å². The van der Waals surface area contributed by atoms with Crippen molar-refractivity contribution in [2.24, 2.45) is 0 Å². The van der Waals surface area contributed by atoms with E-state index in [1.807, 2.05) is 17.6 Å². The average molecular weight is 353 g/mol. The number of amides is 2. The highest BCUT2D eigenvalue weighted by Crippen LogP contribution is 2.24. The van der Waals surface area contributed by atoms with Crippen LogP contribution in [-0.2, 0) is 41.9 Å². The summed E-state index contributed by atoms with van der Waals surface area (Å²) in [6.45, 7) is 2.56. The van der Waals surface area contributed by atoms with E-state index in [2.05, 4.69) is 27.6 Å². The van der Waals surface area contributed by atoms with Crippen molar-refractivity contribution in [3.05, 3.63) is 46.5 Å². The number of likely N-dealkylation sites (N-methyl/N-ethyl adjacent to an activating group) is 1. The zero-order chi connectivity index (χ0) is 18.3. The Morgan fingerprint density at radius 1 is 1.23 bits per heavy atom. The molecule has 1 aliphatic heterocycles. The van der Waals surface area contributed by atoms with Gasteiger partial charge < -0.3 is 14.8 Å². The summed E-state index contributed by atoms with van der Waals surface area (Å²) in [5, 5.41) is 10.9. The van der Waals surface area contributed by atoms with Gasteiger partial charge in [-0.1, -0.05) is 18.2 Å². The van der Waals surface area contributed by atoms with Gasteiger partial charge >= 0.3 is 0 Å². The third-order valence-electron chi connectivity index (χ3n) is 5.44. The number of carbonyl (C=O) groups excluding carboxylic acids is 2. The van der Waals surface area contributed by atoms with Gasteiger partial charge in [0.05, 0.1) is 19.5 Å². The number of fused-ring (bicyclic) bond motifs is 2. The standard InChI is InChI=1S/C19H23N5O2/c1-12-21-22-17-11-24(16(10-23(12)17)19(26)20-2)18(25)9-13-6-7-14-4-3-5-15(14)8-13/h6-8,16H,3-5,9-11H2,1-2H3,(H,20,26). The first kappa shape index (κ1) is 16.8. The quantitative estimate of drug-likeness (QED) is 0.884. The van der Waals surface area contributed by atoms with Gasteiger partial charge in [0.25, 0.3) is 0 Å². The molecule has 1 atom stereocenters. The van der Waals surface area contributed by atoms with E-state index in [0.29, 0.717) is 19.5 Å². The summed E-state index contributed by atoms with van der Waals surface area (Å²) >= 11 is 0. The van der Waals surface area contributed by atoms with E-state index < -0.39 is 6.04 Å². The number of aryl methyl sites for hydroxylation is 3. The second-order valence-corrected chi connectivity index (χ2v) is 7.06. The van der Waals surface area contributed by atoms with Gasteiger partial charge in [0.15, 0.2) is 5.82 Å². The van der Waals surface area contributed by atoms with Gasteiger partial charge in [-0.2, -0.15) is 0 Å². The van der Waals surface area contributed by atoms with Crippen LogP contribution in [0, 0.1) is 6.92 Å². The molecular formula is C19H23N5O2. The Morgan fingerprint density at radius 2 is 2.04 bits per heavy atom. The Morgan fingerprint density at radius 3 is 2.85 bits per heavy atom. The Labute approximate surface area is 152 Å². The molecule has 1 aromatic carbocycles.